The molecule has 0 bridgehead atoms. The number of ether oxygens (including phenoxy) is 1. The topological polar surface area (TPSA) is 9.23 Å². The Balaban J connectivity index is 2.14. The minimum Gasteiger partial charge on any atom is -0.485 e. The maximum Gasteiger partial charge on any atom is 0.157 e. The summed E-state index contributed by atoms with van der Waals surface area (Å²) >= 11 is 17.0. The van der Waals surface area contributed by atoms with Gasteiger partial charge in [0.05, 0.1) is 14.9 Å². The molecule has 0 N–H and O–H groups in total. The number of thiophene rings is 1. The summed E-state index contributed by atoms with van der Waals surface area (Å²) in [5.74, 6) is 0.533. The maximum absolute atomic E-state index is 5.99. The van der Waals surface area contributed by atoms with Crippen molar-refractivity contribution in [3.05, 3.63) is 49.0 Å². The standard InChI is InChI=1S/C11H7BrCl2OS/c12-7-4-5-16-10(7)6-15-11-8(13)2-1-3-9(11)14/h1-5H,6H2. The zero-order chi connectivity index (χ0) is 11.5. The van der Waals surface area contributed by atoms with Crippen LogP contribution < -0.4 is 4.74 Å². The van der Waals surface area contributed by atoms with E-state index in [0.717, 1.165) is 9.35 Å². The maximum atomic E-state index is 5.99. The number of rotatable bonds is 3. The highest BCUT2D eigenvalue weighted by Gasteiger charge is 2.08. The Morgan fingerprint density at radius 2 is 1.88 bits per heavy atom. The van der Waals surface area contributed by atoms with E-state index in [2.05, 4.69) is 15.9 Å². The number of hydrogen-bond donors (Lipinski definition) is 0. The molecular formula is C11H7BrCl2OS. The predicted octanol–water partition coefficient (Wildman–Crippen LogP) is 5.40. The van der Waals surface area contributed by atoms with E-state index in [0.29, 0.717) is 22.4 Å². The monoisotopic (exact) mass is 336 g/mol. The fourth-order valence-corrected chi connectivity index (χ4v) is 3.07. The van der Waals surface area contributed by atoms with Crippen LogP contribution in [0.25, 0.3) is 0 Å². The highest BCUT2D eigenvalue weighted by atomic mass is 79.9. The van der Waals surface area contributed by atoms with Gasteiger partial charge in [0.15, 0.2) is 5.75 Å². The van der Waals surface area contributed by atoms with Crippen LogP contribution in [0.15, 0.2) is 34.1 Å². The van der Waals surface area contributed by atoms with E-state index >= 15 is 0 Å². The molecule has 1 nitrogen and oxygen atoms in total. The molecule has 0 fully saturated rings. The van der Waals surface area contributed by atoms with E-state index < -0.39 is 0 Å². The van der Waals surface area contributed by atoms with Crippen LogP contribution in [0.4, 0.5) is 0 Å². The molecule has 0 aliphatic heterocycles. The first-order valence-electron chi connectivity index (χ1n) is 4.47. The molecule has 0 saturated heterocycles. The summed E-state index contributed by atoms with van der Waals surface area (Å²) in [6, 6.07) is 7.29. The highest BCUT2D eigenvalue weighted by Crippen LogP contribution is 2.34. The minimum absolute atomic E-state index is 0.460. The van der Waals surface area contributed by atoms with Gasteiger partial charge in [-0.3, -0.25) is 0 Å². The molecule has 5 heteroatoms. The quantitative estimate of drug-likeness (QED) is 0.728. The Morgan fingerprint density at radius 3 is 2.44 bits per heavy atom. The second-order valence-electron chi connectivity index (χ2n) is 3.03. The molecule has 0 aliphatic rings. The van der Waals surface area contributed by atoms with Crippen LogP contribution in [0.1, 0.15) is 4.88 Å². The molecule has 84 valence electrons. The van der Waals surface area contributed by atoms with E-state index in [1.807, 2.05) is 11.4 Å². The lowest BCUT2D eigenvalue weighted by Crippen LogP contribution is -1.94. The van der Waals surface area contributed by atoms with Gasteiger partial charge in [-0.15, -0.1) is 11.3 Å². The van der Waals surface area contributed by atoms with Crippen molar-refractivity contribution in [1.82, 2.24) is 0 Å². The van der Waals surface area contributed by atoms with Gasteiger partial charge in [0, 0.05) is 4.47 Å². The summed E-state index contributed by atoms with van der Waals surface area (Å²) in [4.78, 5) is 1.11. The third-order valence-corrected chi connectivity index (χ3v) is 4.45. The molecule has 0 saturated carbocycles. The van der Waals surface area contributed by atoms with Crippen molar-refractivity contribution < 1.29 is 4.74 Å². The van der Waals surface area contributed by atoms with Crippen molar-refractivity contribution in [2.75, 3.05) is 0 Å². The van der Waals surface area contributed by atoms with Crippen molar-refractivity contribution in [1.29, 1.82) is 0 Å². The average molecular weight is 338 g/mol. The fraction of sp³-hybridized carbons (Fsp3) is 0.0909. The Bertz CT molecular complexity index is 478. The van der Waals surface area contributed by atoms with Crippen molar-refractivity contribution in [3.63, 3.8) is 0 Å². The molecule has 1 aromatic heterocycles. The lowest BCUT2D eigenvalue weighted by molar-refractivity contribution is 0.309. The normalized spacial score (nSPS) is 10.4. The van der Waals surface area contributed by atoms with E-state index in [9.17, 15) is 0 Å². The minimum atomic E-state index is 0.460. The Hall–Kier alpha value is -0.220. The molecule has 0 radical (unpaired) electrons. The van der Waals surface area contributed by atoms with Crippen LogP contribution in [-0.2, 0) is 6.61 Å². The van der Waals surface area contributed by atoms with E-state index in [4.69, 9.17) is 27.9 Å². The van der Waals surface area contributed by atoms with Gasteiger partial charge in [0.25, 0.3) is 0 Å². The molecule has 0 atom stereocenters. The molecule has 1 heterocycles. The summed E-state index contributed by atoms with van der Waals surface area (Å²) in [6.45, 7) is 0.460. The second kappa shape index (κ2) is 5.41. The zero-order valence-corrected chi connectivity index (χ0v) is 12.0. The first kappa shape index (κ1) is 12.2. The van der Waals surface area contributed by atoms with Crippen LogP contribution >= 0.6 is 50.5 Å². The van der Waals surface area contributed by atoms with E-state index in [-0.39, 0.29) is 0 Å². The van der Waals surface area contributed by atoms with Crippen molar-refractivity contribution in [3.8, 4) is 5.75 Å². The Kier molecular flexibility index (Phi) is 4.14. The summed E-state index contributed by atoms with van der Waals surface area (Å²) in [5.41, 5.74) is 0. The van der Waals surface area contributed by atoms with Gasteiger partial charge in [0.2, 0.25) is 0 Å². The van der Waals surface area contributed by atoms with Gasteiger partial charge in [-0.1, -0.05) is 29.3 Å². The number of hydrogen-bond acceptors (Lipinski definition) is 2. The van der Waals surface area contributed by atoms with Gasteiger partial charge in [0.1, 0.15) is 6.61 Å². The largest absolute Gasteiger partial charge is 0.485 e. The average Bonchev–Trinajstić information content (AvgIpc) is 2.64. The highest BCUT2D eigenvalue weighted by molar-refractivity contribution is 9.10. The molecule has 2 aromatic rings. The number of para-hydroxylation sites is 1. The molecule has 0 spiro atoms. The molecular weight excluding hydrogens is 331 g/mol. The molecule has 2 rings (SSSR count). The van der Waals surface area contributed by atoms with Gasteiger partial charge in [-0.2, -0.15) is 0 Å². The Morgan fingerprint density at radius 1 is 1.19 bits per heavy atom. The number of benzene rings is 1. The SMILES string of the molecule is Clc1cccc(Cl)c1OCc1sccc1Br. The van der Waals surface area contributed by atoms with Crippen molar-refractivity contribution in [2.24, 2.45) is 0 Å². The predicted molar refractivity (Wildman–Crippen MR) is 72.8 cm³/mol. The van der Waals surface area contributed by atoms with E-state index in [1.165, 1.54) is 0 Å². The molecule has 0 aliphatic carbocycles. The van der Waals surface area contributed by atoms with Crippen molar-refractivity contribution >= 4 is 50.5 Å². The van der Waals surface area contributed by atoms with Gasteiger partial charge < -0.3 is 4.74 Å². The fourth-order valence-electron chi connectivity index (χ4n) is 1.19. The van der Waals surface area contributed by atoms with E-state index in [1.54, 1.807) is 29.5 Å². The molecule has 0 amide bonds. The summed E-state index contributed by atoms with van der Waals surface area (Å²) in [5, 5.41) is 3.05. The van der Waals surface area contributed by atoms with Crippen LogP contribution in [0, 0.1) is 0 Å². The van der Waals surface area contributed by atoms with Crippen LogP contribution in [-0.4, -0.2) is 0 Å². The second-order valence-corrected chi connectivity index (χ2v) is 5.70. The zero-order valence-electron chi connectivity index (χ0n) is 8.04. The number of halogens is 3. The van der Waals surface area contributed by atoms with Crippen LogP contribution in [0.3, 0.4) is 0 Å². The first-order chi connectivity index (χ1) is 7.68. The Labute approximate surface area is 116 Å². The van der Waals surface area contributed by atoms with Gasteiger partial charge in [-0.05, 0) is 39.5 Å². The first-order valence-corrected chi connectivity index (χ1v) is 6.90. The van der Waals surface area contributed by atoms with Crippen LogP contribution in [0.2, 0.25) is 10.0 Å². The lowest BCUT2D eigenvalue weighted by atomic mass is 10.3. The van der Waals surface area contributed by atoms with Crippen molar-refractivity contribution in [2.45, 2.75) is 6.61 Å². The smallest absolute Gasteiger partial charge is 0.157 e. The van der Waals surface area contributed by atoms with Gasteiger partial charge >= 0.3 is 0 Å². The summed E-state index contributed by atoms with van der Waals surface area (Å²) in [6.07, 6.45) is 0. The van der Waals surface area contributed by atoms with Crippen LogP contribution in [0.5, 0.6) is 5.75 Å². The lowest BCUT2D eigenvalue weighted by Gasteiger charge is -2.08. The third-order valence-electron chi connectivity index (χ3n) is 1.96. The summed E-state index contributed by atoms with van der Waals surface area (Å²) in [7, 11) is 0. The summed E-state index contributed by atoms with van der Waals surface area (Å²) < 4.78 is 6.65. The molecule has 0 unspecified atom stereocenters. The third kappa shape index (κ3) is 2.72. The molecule has 16 heavy (non-hydrogen) atoms. The van der Waals surface area contributed by atoms with Gasteiger partial charge in [-0.25, -0.2) is 0 Å². The molecule has 1 aromatic carbocycles.